The van der Waals surface area contributed by atoms with Gasteiger partial charge in [0.15, 0.2) is 0 Å². The summed E-state index contributed by atoms with van der Waals surface area (Å²) in [5.74, 6) is 0. The molecule has 0 bridgehead atoms. The Labute approximate surface area is 119 Å². The van der Waals surface area contributed by atoms with Crippen LogP contribution in [-0.4, -0.2) is 5.11 Å². The van der Waals surface area contributed by atoms with E-state index >= 15 is 0 Å². The standard InChI is InChI=1S/C15H13F3OS/c1-9(2)12-7-13(20-14(12)8-19)10-3-5-11(6-4-10)15(16,17)18/h3-7,19H,1,8H2,2H3. The summed E-state index contributed by atoms with van der Waals surface area (Å²) < 4.78 is 37.5. The molecular formula is C15H13F3OS. The zero-order chi connectivity index (χ0) is 14.9. The lowest BCUT2D eigenvalue weighted by Gasteiger charge is -2.06. The lowest BCUT2D eigenvalue weighted by atomic mass is 10.1. The van der Waals surface area contributed by atoms with Crippen molar-refractivity contribution in [1.29, 1.82) is 0 Å². The first-order valence-corrected chi connectivity index (χ1v) is 6.71. The Morgan fingerprint density at radius 2 is 1.85 bits per heavy atom. The van der Waals surface area contributed by atoms with E-state index in [-0.39, 0.29) is 6.61 Å². The highest BCUT2D eigenvalue weighted by molar-refractivity contribution is 7.15. The van der Waals surface area contributed by atoms with Gasteiger partial charge >= 0.3 is 6.18 Å². The molecule has 0 aliphatic rings. The Kier molecular flexibility index (Phi) is 4.01. The van der Waals surface area contributed by atoms with Crippen LogP contribution in [0.3, 0.4) is 0 Å². The molecule has 0 saturated carbocycles. The number of aliphatic hydroxyl groups is 1. The van der Waals surface area contributed by atoms with Gasteiger partial charge in [0.25, 0.3) is 0 Å². The molecule has 2 aromatic rings. The Morgan fingerprint density at radius 1 is 1.25 bits per heavy atom. The van der Waals surface area contributed by atoms with Gasteiger partial charge in [-0.25, -0.2) is 0 Å². The number of alkyl halides is 3. The molecule has 0 aliphatic heterocycles. The fourth-order valence-corrected chi connectivity index (χ4v) is 2.98. The average molecular weight is 298 g/mol. The van der Waals surface area contributed by atoms with Crippen molar-refractivity contribution in [1.82, 2.24) is 0 Å². The first-order valence-electron chi connectivity index (χ1n) is 5.90. The third-order valence-corrected chi connectivity index (χ3v) is 4.08. The molecule has 2 rings (SSSR count). The van der Waals surface area contributed by atoms with E-state index in [2.05, 4.69) is 6.58 Å². The lowest BCUT2D eigenvalue weighted by Crippen LogP contribution is -2.03. The third kappa shape index (κ3) is 2.94. The summed E-state index contributed by atoms with van der Waals surface area (Å²) >= 11 is 1.36. The monoisotopic (exact) mass is 298 g/mol. The van der Waals surface area contributed by atoms with Crippen LogP contribution in [0.15, 0.2) is 36.9 Å². The Bertz CT molecular complexity index is 624. The van der Waals surface area contributed by atoms with E-state index in [1.165, 1.54) is 23.5 Å². The summed E-state index contributed by atoms with van der Waals surface area (Å²) in [6, 6.07) is 6.86. The molecule has 106 valence electrons. The number of hydrogen-bond donors (Lipinski definition) is 1. The van der Waals surface area contributed by atoms with Crippen molar-refractivity contribution in [2.75, 3.05) is 0 Å². The van der Waals surface area contributed by atoms with Gasteiger partial charge in [-0.05, 0) is 41.8 Å². The van der Waals surface area contributed by atoms with E-state index in [1.807, 2.05) is 13.0 Å². The van der Waals surface area contributed by atoms with Crippen LogP contribution in [-0.2, 0) is 12.8 Å². The Morgan fingerprint density at radius 3 is 2.25 bits per heavy atom. The molecule has 0 spiro atoms. The van der Waals surface area contributed by atoms with E-state index in [0.717, 1.165) is 33.0 Å². The van der Waals surface area contributed by atoms with Crippen molar-refractivity contribution >= 4 is 16.9 Å². The molecule has 1 aromatic carbocycles. The minimum absolute atomic E-state index is 0.104. The van der Waals surface area contributed by atoms with E-state index in [9.17, 15) is 18.3 Å². The van der Waals surface area contributed by atoms with E-state index in [4.69, 9.17) is 0 Å². The molecule has 0 fully saturated rings. The van der Waals surface area contributed by atoms with Crippen molar-refractivity contribution < 1.29 is 18.3 Å². The first-order chi connectivity index (χ1) is 9.32. The molecule has 1 nitrogen and oxygen atoms in total. The van der Waals surface area contributed by atoms with Crippen LogP contribution in [0.1, 0.15) is 22.9 Å². The van der Waals surface area contributed by atoms with Gasteiger partial charge in [0.2, 0.25) is 0 Å². The molecule has 0 unspecified atom stereocenters. The van der Waals surface area contributed by atoms with Gasteiger partial charge in [-0.3, -0.25) is 0 Å². The van der Waals surface area contributed by atoms with Gasteiger partial charge < -0.3 is 5.11 Å². The Hall–Kier alpha value is -1.59. The van der Waals surface area contributed by atoms with Crippen LogP contribution >= 0.6 is 11.3 Å². The predicted molar refractivity (Wildman–Crippen MR) is 75.4 cm³/mol. The third-order valence-electron chi connectivity index (χ3n) is 2.91. The number of rotatable bonds is 3. The van der Waals surface area contributed by atoms with Crippen LogP contribution in [0.25, 0.3) is 16.0 Å². The van der Waals surface area contributed by atoms with E-state index in [1.54, 1.807) is 0 Å². The SMILES string of the molecule is C=C(C)c1cc(-c2ccc(C(F)(F)F)cc2)sc1CO. The van der Waals surface area contributed by atoms with Crippen molar-refractivity contribution in [3.05, 3.63) is 52.9 Å². The topological polar surface area (TPSA) is 20.2 Å². The molecule has 1 heterocycles. The smallest absolute Gasteiger partial charge is 0.391 e. The molecule has 1 N–H and O–H groups in total. The maximum Gasteiger partial charge on any atom is 0.416 e. The van der Waals surface area contributed by atoms with Crippen molar-refractivity contribution in [3.8, 4) is 10.4 Å². The minimum Gasteiger partial charge on any atom is -0.391 e. The van der Waals surface area contributed by atoms with Crippen LogP contribution in [0.5, 0.6) is 0 Å². The van der Waals surface area contributed by atoms with E-state index in [0.29, 0.717) is 5.56 Å². The zero-order valence-electron chi connectivity index (χ0n) is 10.8. The fraction of sp³-hybridized carbons (Fsp3) is 0.200. The van der Waals surface area contributed by atoms with Crippen LogP contribution < -0.4 is 0 Å². The molecular weight excluding hydrogens is 285 g/mol. The number of allylic oxidation sites excluding steroid dienone is 1. The highest BCUT2D eigenvalue weighted by Crippen LogP contribution is 2.36. The quantitative estimate of drug-likeness (QED) is 0.849. The zero-order valence-corrected chi connectivity index (χ0v) is 11.6. The van der Waals surface area contributed by atoms with Crippen molar-refractivity contribution in [2.24, 2.45) is 0 Å². The van der Waals surface area contributed by atoms with Crippen molar-refractivity contribution in [2.45, 2.75) is 19.7 Å². The number of thiophene rings is 1. The average Bonchev–Trinajstić information content (AvgIpc) is 2.82. The highest BCUT2D eigenvalue weighted by Gasteiger charge is 2.30. The highest BCUT2D eigenvalue weighted by atomic mass is 32.1. The molecule has 1 aromatic heterocycles. The molecule has 20 heavy (non-hydrogen) atoms. The maximum absolute atomic E-state index is 12.5. The van der Waals surface area contributed by atoms with Gasteiger partial charge in [-0.1, -0.05) is 18.7 Å². The summed E-state index contributed by atoms with van der Waals surface area (Å²) in [7, 11) is 0. The largest absolute Gasteiger partial charge is 0.416 e. The van der Waals surface area contributed by atoms with Gasteiger partial charge in [-0.15, -0.1) is 11.3 Å². The van der Waals surface area contributed by atoms with Crippen LogP contribution in [0.2, 0.25) is 0 Å². The number of hydrogen-bond acceptors (Lipinski definition) is 2. The summed E-state index contributed by atoms with van der Waals surface area (Å²) in [5.41, 5.74) is 1.71. The fourth-order valence-electron chi connectivity index (χ4n) is 1.87. The maximum atomic E-state index is 12.5. The predicted octanol–water partition coefficient (Wildman–Crippen LogP) is 4.96. The normalized spacial score (nSPS) is 11.7. The van der Waals surface area contributed by atoms with Gasteiger partial charge in [-0.2, -0.15) is 13.2 Å². The lowest BCUT2D eigenvalue weighted by molar-refractivity contribution is -0.137. The van der Waals surface area contributed by atoms with Crippen LogP contribution in [0.4, 0.5) is 13.2 Å². The number of halogens is 3. The molecule has 0 aliphatic carbocycles. The van der Waals surface area contributed by atoms with Gasteiger partial charge in [0.1, 0.15) is 0 Å². The molecule has 0 saturated heterocycles. The van der Waals surface area contributed by atoms with Crippen LogP contribution in [0, 0.1) is 0 Å². The number of aliphatic hydroxyl groups excluding tert-OH is 1. The summed E-state index contributed by atoms with van der Waals surface area (Å²) in [5, 5.41) is 9.30. The first kappa shape index (κ1) is 14.8. The van der Waals surface area contributed by atoms with E-state index < -0.39 is 11.7 Å². The second-order valence-electron chi connectivity index (χ2n) is 4.46. The second kappa shape index (κ2) is 5.42. The molecule has 0 radical (unpaired) electrons. The molecule has 0 atom stereocenters. The molecule has 0 amide bonds. The summed E-state index contributed by atoms with van der Waals surface area (Å²) in [4.78, 5) is 1.59. The second-order valence-corrected chi connectivity index (χ2v) is 5.60. The number of benzene rings is 1. The minimum atomic E-state index is -4.33. The summed E-state index contributed by atoms with van der Waals surface area (Å²) in [6.07, 6.45) is -4.33. The Balaban J connectivity index is 2.39. The van der Waals surface area contributed by atoms with Gasteiger partial charge in [0, 0.05) is 9.75 Å². The van der Waals surface area contributed by atoms with Gasteiger partial charge in [0.05, 0.1) is 12.2 Å². The van der Waals surface area contributed by atoms with Crippen molar-refractivity contribution in [3.63, 3.8) is 0 Å². The molecule has 5 heteroatoms. The summed E-state index contributed by atoms with van der Waals surface area (Å²) in [6.45, 7) is 5.56.